The van der Waals surface area contributed by atoms with E-state index in [1.807, 2.05) is 24.3 Å². The van der Waals surface area contributed by atoms with E-state index >= 15 is 0 Å². The van der Waals surface area contributed by atoms with E-state index in [2.05, 4.69) is 92.5 Å². The van der Waals surface area contributed by atoms with Crippen molar-refractivity contribution in [2.45, 2.75) is 14.8 Å². The Kier molecular flexibility index (Phi) is 6.99. The van der Waals surface area contributed by atoms with Crippen LogP contribution in [0, 0.1) is 0 Å². The molecule has 0 radical (unpaired) electrons. The van der Waals surface area contributed by atoms with Gasteiger partial charge in [-0.3, -0.25) is 0 Å². The molecule has 168 valence electrons. The molecule has 0 heterocycles. The molecule has 0 aliphatic rings. The third kappa shape index (κ3) is 5.36. The molecular weight excluding hydrogens is 513 g/mol. The molecule has 0 fully saturated rings. The van der Waals surface area contributed by atoms with E-state index in [1.54, 1.807) is 17.8 Å². The van der Waals surface area contributed by atoms with Crippen LogP contribution in [0.2, 0.25) is 14.8 Å². The Bertz CT molecular complexity index is 1130. The molecule has 0 N–H and O–H groups in total. The maximum atomic E-state index is 5.35. The Morgan fingerprint density at radius 3 is 1.15 bits per heavy atom. The van der Waals surface area contributed by atoms with Crippen molar-refractivity contribution in [1.29, 1.82) is 0 Å². The van der Waals surface area contributed by atoms with Gasteiger partial charge in [-0.15, -0.1) is 0 Å². The number of hydrogen-bond acceptors (Lipinski definition) is 3. The SMILES string of the molecule is COc1ccc(N(c2ccc(OC)cc2)c2ccc(-c3cc[c]([Sn]([CH3])([CH3])[CH3])cc3)cc2)cc1. The zero-order valence-electron chi connectivity index (χ0n) is 20.0. The molecule has 0 atom stereocenters. The molecule has 4 aromatic carbocycles. The second kappa shape index (κ2) is 9.92. The van der Waals surface area contributed by atoms with Crippen molar-refractivity contribution in [3.63, 3.8) is 0 Å². The van der Waals surface area contributed by atoms with Crippen LogP contribution in [-0.2, 0) is 0 Å². The van der Waals surface area contributed by atoms with Gasteiger partial charge < -0.3 is 9.47 Å². The number of methoxy groups -OCH3 is 2. The minimum atomic E-state index is -2.04. The van der Waals surface area contributed by atoms with Crippen LogP contribution >= 0.6 is 0 Å². The number of anilines is 3. The first kappa shape index (κ1) is 23.2. The summed E-state index contributed by atoms with van der Waals surface area (Å²) in [6, 6.07) is 34.2. The van der Waals surface area contributed by atoms with Gasteiger partial charge >= 0.3 is 167 Å². The van der Waals surface area contributed by atoms with E-state index in [0.717, 1.165) is 28.6 Å². The van der Waals surface area contributed by atoms with Crippen molar-refractivity contribution >= 4 is 39.0 Å². The van der Waals surface area contributed by atoms with Crippen LogP contribution < -0.4 is 18.0 Å². The molecule has 0 spiro atoms. The van der Waals surface area contributed by atoms with E-state index in [9.17, 15) is 0 Å². The first-order chi connectivity index (χ1) is 15.9. The Labute approximate surface area is 201 Å². The fraction of sp³-hybridized carbons (Fsp3) is 0.172. The van der Waals surface area contributed by atoms with Gasteiger partial charge in [-0.2, -0.15) is 0 Å². The summed E-state index contributed by atoms with van der Waals surface area (Å²) in [6.07, 6.45) is 0. The third-order valence-corrected chi connectivity index (χ3v) is 11.8. The number of nitrogens with zero attached hydrogens (tertiary/aromatic N) is 1. The van der Waals surface area contributed by atoms with Gasteiger partial charge in [-0.25, -0.2) is 0 Å². The summed E-state index contributed by atoms with van der Waals surface area (Å²) in [4.78, 5) is 9.59. The van der Waals surface area contributed by atoms with Crippen molar-refractivity contribution in [3.8, 4) is 22.6 Å². The molecule has 3 nitrogen and oxygen atoms in total. The Morgan fingerprint density at radius 1 is 0.485 bits per heavy atom. The fourth-order valence-corrected chi connectivity index (χ4v) is 7.21. The van der Waals surface area contributed by atoms with E-state index in [-0.39, 0.29) is 0 Å². The third-order valence-electron chi connectivity index (χ3n) is 5.87. The molecule has 4 heteroatoms. The van der Waals surface area contributed by atoms with Gasteiger partial charge in [0.05, 0.1) is 14.2 Å². The summed E-state index contributed by atoms with van der Waals surface area (Å²) in [7, 11) is 3.37. The van der Waals surface area contributed by atoms with Crippen molar-refractivity contribution in [1.82, 2.24) is 0 Å². The number of rotatable bonds is 7. The summed E-state index contributed by atoms with van der Waals surface area (Å²) >= 11 is -2.04. The predicted octanol–water partition coefficient (Wildman–Crippen LogP) is 7.39. The van der Waals surface area contributed by atoms with Crippen molar-refractivity contribution in [2.24, 2.45) is 0 Å². The standard InChI is InChI=1S/C26H22NO2.3CH3.Sn/c1-28-25-16-12-23(13-17-25)27(24-14-18-26(29-2)19-15-24)22-10-8-21(9-11-22)20-6-4-3-5-7-20;;;;/h4-19H,1-2H3;3*1H3;. The quantitative estimate of drug-likeness (QED) is 0.227. The van der Waals surface area contributed by atoms with Gasteiger partial charge in [0.15, 0.2) is 0 Å². The van der Waals surface area contributed by atoms with Gasteiger partial charge in [0.1, 0.15) is 11.5 Å². The molecule has 0 saturated carbocycles. The molecule has 0 aromatic heterocycles. The van der Waals surface area contributed by atoms with Crippen LogP contribution in [0.5, 0.6) is 11.5 Å². The normalized spacial score (nSPS) is 11.2. The summed E-state index contributed by atoms with van der Waals surface area (Å²) in [5.41, 5.74) is 5.70. The second-order valence-corrected chi connectivity index (χ2v) is 23.6. The van der Waals surface area contributed by atoms with Crippen LogP contribution in [-0.4, -0.2) is 32.6 Å². The molecule has 0 aliphatic heterocycles. The first-order valence-electron chi connectivity index (χ1n) is 11.2. The van der Waals surface area contributed by atoms with Crippen molar-refractivity contribution in [2.75, 3.05) is 19.1 Å². The van der Waals surface area contributed by atoms with E-state index in [0.29, 0.717) is 0 Å². The van der Waals surface area contributed by atoms with E-state index in [1.165, 1.54) is 11.1 Å². The van der Waals surface area contributed by atoms with Crippen LogP contribution in [0.4, 0.5) is 17.1 Å². The topological polar surface area (TPSA) is 21.7 Å². The molecule has 0 aliphatic carbocycles. The number of ether oxygens (including phenoxy) is 2. The summed E-state index contributed by atoms with van der Waals surface area (Å²) in [5, 5.41) is 0. The number of benzene rings is 4. The molecule has 0 bridgehead atoms. The van der Waals surface area contributed by atoms with Gasteiger partial charge in [-0.1, -0.05) is 0 Å². The Balaban J connectivity index is 1.69. The predicted molar refractivity (Wildman–Crippen MR) is 143 cm³/mol. The average molecular weight is 544 g/mol. The molecule has 4 rings (SSSR count). The van der Waals surface area contributed by atoms with Crippen LogP contribution in [0.1, 0.15) is 0 Å². The zero-order chi connectivity index (χ0) is 23.4. The van der Waals surface area contributed by atoms with Gasteiger partial charge in [-0.05, 0) is 0 Å². The molecule has 0 amide bonds. The van der Waals surface area contributed by atoms with E-state index in [4.69, 9.17) is 9.47 Å². The zero-order valence-corrected chi connectivity index (χ0v) is 22.9. The van der Waals surface area contributed by atoms with Crippen molar-refractivity contribution < 1.29 is 9.47 Å². The molecule has 4 aromatic rings. The van der Waals surface area contributed by atoms with Gasteiger partial charge in [0.25, 0.3) is 0 Å². The fourth-order valence-electron chi connectivity index (χ4n) is 3.88. The monoisotopic (exact) mass is 545 g/mol. The maximum absolute atomic E-state index is 5.35. The summed E-state index contributed by atoms with van der Waals surface area (Å²) < 4.78 is 12.3. The summed E-state index contributed by atoms with van der Waals surface area (Å²) in [6.45, 7) is 0. The van der Waals surface area contributed by atoms with Crippen LogP contribution in [0.15, 0.2) is 97.1 Å². The Hall–Kier alpha value is -2.92. The van der Waals surface area contributed by atoms with Crippen LogP contribution in [0.25, 0.3) is 11.1 Å². The second-order valence-electron chi connectivity index (χ2n) is 9.11. The Morgan fingerprint density at radius 2 is 0.818 bits per heavy atom. The van der Waals surface area contributed by atoms with Crippen LogP contribution in [0.3, 0.4) is 0 Å². The van der Waals surface area contributed by atoms with Gasteiger partial charge in [0, 0.05) is 0 Å². The average Bonchev–Trinajstić information content (AvgIpc) is 2.85. The van der Waals surface area contributed by atoms with Gasteiger partial charge in [0.2, 0.25) is 0 Å². The van der Waals surface area contributed by atoms with Crippen molar-refractivity contribution in [3.05, 3.63) is 97.1 Å². The minimum absolute atomic E-state index is 0.840. The number of hydrogen-bond donors (Lipinski definition) is 0. The molecule has 33 heavy (non-hydrogen) atoms. The molecule has 0 unspecified atom stereocenters. The first-order valence-corrected chi connectivity index (χ1v) is 21.2. The summed E-state index contributed by atoms with van der Waals surface area (Å²) in [5.74, 6) is 1.68. The molecule has 0 saturated heterocycles. The van der Waals surface area contributed by atoms with E-state index < -0.39 is 18.4 Å². The molecular formula is C29H31NO2Sn.